The first-order valence-corrected chi connectivity index (χ1v) is 6.65. The van der Waals surface area contributed by atoms with E-state index in [1.807, 2.05) is 13.8 Å². The Balaban J connectivity index is 2.40. The number of alkyl halides is 3. The third-order valence-electron chi connectivity index (χ3n) is 4.51. The highest BCUT2D eigenvalue weighted by atomic mass is 19.4. The maximum Gasteiger partial charge on any atom is 0.416 e. The lowest BCUT2D eigenvalue weighted by molar-refractivity contribution is -0.138. The first-order chi connectivity index (χ1) is 8.75. The smallest absolute Gasteiger partial charge is 0.385 e. The molecule has 0 aromatic heterocycles. The summed E-state index contributed by atoms with van der Waals surface area (Å²) < 4.78 is 38.3. The number of rotatable bonds is 1. The van der Waals surface area contributed by atoms with Crippen molar-refractivity contribution in [1.82, 2.24) is 0 Å². The summed E-state index contributed by atoms with van der Waals surface area (Å²) in [5.41, 5.74) is -1.44. The van der Waals surface area contributed by atoms with E-state index >= 15 is 0 Å². The van der Waals surface area contributed by atoms with Crippen LogP contribution in [-0.4, -0.2) is 5.11 Å². The second-order valence-electron chi connectivity index (χ2n) is 5.66. The molecule has 1 nitrogen and oxygen atoms in total. The molecule has 0 heterocycles. The van der Waals surface area contributed by atoms with Crippen LogP contribution in [0.15, 0.2) is 24.3 Å². The molecule has 1 aliphatic carbocycles. The van der Waals surface area contributed by atoms with Gasteiger partial charge in [0.25, 0.3) is 0 Å². The zero-order chi connectivity index (χ0) is 14.3. The highest BCUT2D eigenvalue weighted by molar-refractivity contribution is 5.31. The lowest BCUT2D eigenvalue weighted by atomic mass is 9.67. The molecule has 1 N–H and O–H groups in total. The van der Waals surface area contributed by atoms with Gasteiger partial charge in [0, 0.05) is 0 Å². The van der Waals surface area contributed by atoms with Crippen LogP contribution in [-0.2, 0) is 11.8 Å². The molecule has 0 bridgehead atoms. The molecule has 0 spiro atoms. The number of aliphatic hydroxyl groups is 1. The quantitative estimate of drug-likeness (QED) is 0.806. The van der Waals surface area contributed by atoms with E-state index in [0.29, 0.717) is 17.9 Å². The fourth-order valence-corrected chi connectivity index (χ4v) is 3.01. The summed E-state index contributed by atoms with van der Waals surface area (Å²) in [6.07, 6.45) is -1.98. The largest absolute Gasteiger partial charge is 0.416 e. The van der Waals surface area contributed by atoms with Gasteiger partial charge in [-0.15, -0.1) is 0 Å². The van der Waals surface area contributed by atoms with Crippen LogP contribution in [0.4, 0.5) is 13.2 Å². The van der Waals surface area contributed by atoms with E-state index < -0.39 is 17.3 Å². The lowest BCUT2D eigenvalue weighted by Crippen LogP contribution is -2.40. The van der Waals surface area contributed by atoms with Gasteiger partial charge < -0.3 is 5.11 Å². The summed E-state index contributed by atoms with van der Waals surface area (Å²) >= 11 is 0. The summed E-state index contributed by atoms with van der Waals surface area (Å²) in [5.74, 6) is 0.276. The van der Waals surface area contributed by atoms with Crippen molar-refractivity contribution in [3.63, 3.8) is 0 Å². The van der Waals surface area contributed by atoms with Crippen molar-refractivity contribution in [2.75, 3.05) is 0 Å². The first kappa shape index (κ1) is 14.4. The molecule has 0 aliphatic heterocycles. The van der Waals surface area contributed by atoms with Crippen LogP contribution in [0.25, 0.3) is 0 Å². The van der Waals surface area contributed by atoms with Gasteiger partial charge in [-0.3, -0.25) is 0 Å². The van der Waals surface area contributed by atoms with Crippen LogP contribution in [0, 0.1) is 11.8 Å². The van der Waals surface area contributed by atoms with Gasteiger partial charge in [0.05, 0.1) is 11.2 Å². The summed E-state index contributed by atoms with van der Waals surface area (Å²) in [6.45, 7) is 3.96. The minimum Gasteiger partial charge on any atom is -0.385 e. The van der Waals surface area contributed by atoms with Crippen LogP contribution >= 0.6 is 0 Å². The molecule has 1 fully saturated rings. The van der Waals surface area contributed by atoms with E-state index in [1.165, 1.54) is 6.07 Å². The average Bonchev–Trinajstić information content (AvgIpc) is 2.35. The summed E-state index contributed by atoms with van der Waals surface area (Å²) in [5, 5.41) is 10.8. The lowest BCUT2D eigenvalue weighted by Gasteiger charge is -2.42. The second kappa shape index (κ2) is 4.82. The average molecular weight is 272 g/mol. The Kier molecular flexibility index (Phi) is 3.65. The Morgan fingerprint density at radius 2 is 1.95 bits per heavy atom. The molecule has 3 atom stereocenters. The van der Waals surface area contributed by atoms with Crippen molar-refractivity contribution in [1.29, 1.82) is 0 Å². The van der Waals surface area contributed by atoms with Gasteiger partial charge in [0.2, 0.25) is 0 Å². The minimum absolute atomic E-state index is 0.0373. The van der Waals surface area contributed by atoms with Crippen molar-refractivity contribution < 1.29 is 18.3 Å². The zero-order valence-corrected chi connectivity index (χ0v) is 11.2. The van der Waals surface area contributed by atoms with Gasteiger partial charge >= 0.3 is 6.18 Å². The van der Waals surface area contributed by atoms with Crippen molar-refractivity contribution in [2.24, 2.45) is 11.8 Å². The molecule has 3 unspecified atom stereocenters. The Labute approximate surface area is 111 Å². The standard InChI is InChI=1S/C15H19F3O/c1-10-5-4-8-14(19,11(10)2)12-6-3-7-13(9-12)15(16,17)18/h3,6-7,9-11,19H,4-5,8H2,1-2H3. The molecule has 1 aromatic carbocycles. The fraction of sp³-hybridized carbons (Fsp3) is 0.600. The van der Waals surface area contributed by atoms with Crippen molar-refractivity contribution >= 4 is 0 Å². The third-order valence-corrected chi connectivity index (χ3v) is 4.51. The summed E-state index contributed by atoms with van der Waals surface area (Å²) in [6, 6.07) is 5.12. The molecule has 0 saturated heterocycles. The van der Waals surface area contributed by atoms with Gasteiger partial charge in [-0.25, -0.2) is 0 Å². The Morgan fingerprint density at radius 1 is 1.26 bits per heavy atom. The van der Waals surface area contributed by atoms with E-state index in [0.717, 1.165) is 25.0 Å². The van der Waals surface area contributed by atoms with Crippen molar-refractivity contribution in [3.05, 3.63) is 35.4 Å². The normalized spacial score (nSPS) is 32.3. The highest BCUT2D eigenvalue weighted by Crippen LogP contribution is 2.45. The van der Waals surface area contributed by atoms with E-state index in [-0.39, 0.29) is 5.92 Å². The molecule has 0 amide bonds. The van der Waals surface area contributed by atoms with Gasteiger partial charge in [-0.05, 0) is 42.4 Å². The maximum atomic E-state index is 12.8. The third kappa shape index (κ3) is 2.64. The fourth-order valence-electron chi connectivity index (χ4n) is 3.01. The van der Waals surface area contributed by atoms with Crippen molar-refractivity contribution in [3.8, 4) is 0 Å². The molecule has 1 aromatic rings. The monoisotopic (exact) mass is 272 g/mol. The van der Waals surface area contributed by atoms with Gasteiger partial charge in [-0.2, -0.15) is 13.2 Å². The van der Waals surface area contributed by atoms with E-state index in [1.54, 1.807) is 6.07 Å². The van der Waals surface area contributed by atoms with Crippen LogP contribution in [0.1, 0.15) is 44.2 Å². The molecule has 19 heavy (non-hydrogen) atoms. The van der Waals surface area contributed by atoms with Crippen molar-refractivity contribution in [2.45, 2.75) is 44.9 Å². The molecule has 0 radical (unpaired) electrons. The maximum absolute atomic E-state index is 12.8. The number of benzene rings is 1. The molecular weight excluding hydrogens is 253 g/mol. The predicted molar refractivity (Wildman–Crippen MR) is 67.5 cm³/mol. The minimum atomic E-state index is -4.37. The second-order valence-corrected chi connectivity index (χ2v) is 5.66. The van der Waals surface area contributed by atoms with Crippen LogP contribution in [0.5, 0.6) is 0 Å². The number of halogens is 3. The van der Waals surface area contributed by atoms with E-state index in [2.05, 4.69) is 0 Å². The molecule has 2 rings (SSSR count). The summed E-state index contributed by atoms with van der Waals surface area (Å²) in [7, 11) is 0. The predicted octanol–water partition coefficient (Wildman–Crippen LogP) is 4.35. The Bertz CT molecular complexity index is 455. The molecule has 4 heteroatoms. The van der Waals surface area contributed by atoms with Gasteiger partial charge in [-0.1, -0.05) is 32.4 Å². The highest BCUT2D eigenvalue weighted by Gasteiger charge is 2.42. The van der Waals surface area contributed by atoms with Crippen LogP contribution in [0.3, 0.4) is 0 Å². The summed E-state index contributed by atoms with van der Waals surface area (Å²) in [4.78, 5) is 0. The van der Waals surface area contributed by atoms with E-state index in [9.17, 15) is 18.3 Å². The van der Waals surface area contributed by atoms with Gasteiger partial charge in [0.1, 0.15) is 0 Å². The van der Waals surface area contributed by atoms with Gasteiger partial charge in [0.15, 0.2) is 0 Å². The first-order valence-electron chi connectivity index (χ1n) is 6.65. The van der Waals surface area contributed by atoms with Crippen LogP contribution in [0.2, 0.25) is 0 Å². The molecule has 1 saturated carbocycles. The number of hydrogen-bond acceptors (Lipinski definition) is 1. The SMILES string of the molecule is CC1CCCC(O)(c2cccc(C(F)(F)F)c2)C1C. The Hall–Kier alpha value is -1.03. The molecule has 1 aliphatic rings. The topological polar surface area (TPSA) is 20.2 Å². The van der Waals surface area contributed by atoms with Crippen LogP contribution < -0.4 is 0 Å². The molecular formula is C15H19F3O. The zero-order valence-electron chi connectivity index (χ0n) is 11.2. The number of hydrogen-bond donors (Lipinski definition) is 1. The molecule has 106 valence electrons. The van der Waals surface area contributed by atoms with E-state index in [4.69, 9.17) is 0 Å². The Morgan fingerprint density at radius 3 is 2.58 bits per heavy atom.